The molecule has 2 aromatic heterocycles. The molecule has 0 unspecified atom stereocenters. The first-order chi connectivity index (χ1) is 14.0. The predicted molar refractivity (Wildman–Crippen MR) is 113 cm³/mol. The van der Waals surface area contributed by atoms with Crippen molar-refractivity contribution in [3.8, 4) is 5.75 Å². The predicted octanol–water partition coefficient (Wildman–Crippen LogP) is 4.32. The van der Waals surface area contributed by atoms with Gasteiger partial charge in [-0.25, -0.2) is 0 Å². The smallest absolute Gasteiger partial charge is 0.260 e. The third-order valence-corrected chi connectivity index (χ3v) is 5.99. The van der Waals surface area contributed by atoms with E-state index in [1.54, 1.807) is 16.9 Å². The van der Waals surface area contributed by atoms with Gasteiger partial charge in [-0.05, 0) is 62.5 Å². The van der Waals surface area contributed by atoms with E-state index < -0.39 is 0 Å². The molecule has 5 nitrogen and oxygen atoms in total. The fourth-order valence-corrected chi connectivity index (χ4v) is 4.26. The van der Waals surface area contributed by atoms with E-state index in [1.807, 2.05) is 49.4 Å². The zero-order chi connectivity index (χ0) is 20.4. The number of rotatable bonds is 5. The van der Waals surface area contributed by atoms with Gasteiger partial charge in [0, 0.05) is 5.69 Å². The van der Waals surface area contributed by atoms with Crippen LogP contribution in [0.4, 0.5) is 0 Å². The van der Waals surface area contributed by atoms with Gasteiger partial charge in [0.1, 0.15) is 11.5 Å². The minimum absolute atomic E-state index is 0.0654. The van der Waals surface area contributed by atoms with Crippen LogP contribution in [0.1, 0.15) is 48.4 Å². The highest BCUT2D eigenvalue weighted by Crippen LogP contribution is 2.35. The summed E-state index contributed by atoms with van der Waals surface area (Å²) in [4.78, 5) is 15.9. The van der Waals surface area contributed by atoms with Gasteiger partial charge in [-0.1, -0.05) is 37.3 Å². The molecule has 0 amide bonds. The molecule has 0 radical (unpaired) electrons. The number of furan rings is 1. The Kier molecular flexibility index (Phi) is 5.58. The number of piperidine rings is 1. The molecule has 1 saturated heterocycles. The normalized spacial score (nSPS) is 16.8. The Morgan fingerprint density at radius 3 is 2.52 bits per heavy atom. The average molecular weight is 392 g/mol. The second kappa shape index (κ2) is 8.29. The van der Waals surface area contributed by atoms with Crippen molar-refractivity contribution in [3.05, 3.63) is 87.7 Å². The van der Waals surface area contributed by atoms with Gasteiger partial charge < -0.3 is 14.1 Å². The molecule has 0 spiro atoms. The van der Waals surface area contributed by atoms with E-state index in [1.165, 1.54) is 0 Å². The number of aromatic nitrogens is 1. The van der Waals surface area contributed by atoms with E-state index in [2.05, 4.69) is 11.8 Å². The van der Waals surface area contributed by atoms with Crippen molar-refractivity contribution in [2.75, 3.05) is 13.1 Å². The summed E-state index contributed by atoms with van der Waals surface area (Å²) in [6.45, 7) is 6.28. The molecule has 3 heterocycles. The molecule has 5 heteroatoms. The van der Waals surface area contributed by atoms with Gasteiger partial charge in [-0.3, -0.25) is 9.69 Å². The molecule has 152 valence electrons. The number of hydrogen-bond donors (Lipinski definition) is 1. The van der Waals surface area contributed by atoms with Crippen LogP contribution in [0, 0.1) is 12.8 Å². The average Bonchev–Trinajstić information content (AvgIpc) is 3.23. The largest absolute Gasteiger partial charge is 0.507 e. The molecule has 29 heavy (non-hydrogen) atoms. The van der Waals surface area contributed by atoms with Crippen molar-refractivity contribution in [1.82, 2.24) is 9.47 Å². The van der Waals surface area contributed by atoms with Crippen LogP contribution in [0.3, 0.4) is 0 Å². The Hall–Kier alpha value is -2.79. The third kappa shape index (κ3) is 4.01. The molecule has 0 saturated carbocycles. The molecule has 1 aliphatic rings. The van der Waals surface area contributed by atoms with E-state index >= 15 is 0 Å². The summed E-state index contributed by atoms with van der Waals surface area (Å²) in [7, 11) is 0. The first-order valence-electron chi connectivity index (χ1n) is 10.3. The summed E-state index contributed by atoms with van der Waals surface area (Å²) in [5, 5.41) is 10.9. The van der Waals surface area contributed by atoms with Crippen LogP contribution < -0.4 is 5.56 Å². The van der Waals surface area contributed by atoms with Gasteiger partial charge in [0.05, 0.1) is 24.4 Å². The number of likely N-dealkylation sites (tertiary alicyclic amines) is 1. The van der Waals surface area contributed by atoms with Crippen molar-refractivity contribution in [3.63, 3.8) is 0 Å². The molecular weight excluding hydrogens is 364 g/mol. The maximum Gasteiger partial charge on any atom is 0.260 e. The van der Waals surface area contributed by atoms with Crippen LogP contribution in [-0.4, -0.2) is 27.7 Å². The number of nitrogens with zero attached hydrogens (tertiary/aromatic N) is 2. The fraction of sp³-hybridized carbons (Fsp3) is 0.375. The first kappa shape index (κ1) is 19.5. The molecule has 1 fully saturated rings. The quantitative estimate of drug-likeness (QED) is 0.702. The lowest BCUT2D eigenvalue weighted by Gasteiger charge is -2.37. The van der Waals surface area contributed by atoms with Gasteiger partial charge in [0.2, 0.25) is 0 Å². The van der Waals surface area contributed by atoms with Crippen LogP contribution in [-0.2, 0) is 6.54 Å². The van der Waals surface area contributed by atoms with Crippen LogP contribution in [0.5, 0.6) is 5.75 Å². The Labute approximate surface area is 171 Å². The number of hydrogen-bond acceptors (Lipinski definition) is 4. The fourth-order valence-electron chi connectivity index (χ4n) is 4.26. The lowest BCUT2D eigenvalue weighted by atomic mass is 9.92. The highest BCUT2D eigenvalue weighted by molar-refractivity contribution is 5.41. The van der Waals surface area contributed by atoms with Crippen molar-refractivity contribution in [2.24, 2.45) is 5.92 Å². The lowest BCUT2D eigenvalue weighted by molar-refractivity contribution is 0.154. The van der Waals surface area contributed by atoms with Gasteiger partial charge in [-0.2, -0.15) is 0 Å². The van der Waals surface area contributed by atoms with Crippen molar-refractivity contribution in [2.45, 2.75) is 39.3 Å². The van der Waals surface area contributed by atoms with Gasteiger partial charge >= 0.3 is 0 Å². The summed E-state index contributed by atoms with van der Waals surface area (Å²) in [5.41, 5.74) is 2.03. The summed E-state index contributed by atoms with van der Waals surface area (Å²) in [6.07, 6.45) is 3.80. The Balaban J connectivity index is 1.82. The van der Waals surface area contributed by atoms with Crippen LogP contribution in [0.25, 0.3) is 0 Å². The lowest BCUT2D eigenvalue weighted by Crippen LogP contribution is -2.40. The molecular formula is C24H28N2O3. The molecule has 1 N–H and O–H groups in total. The third-order valence-electron chi connectivity index (χ3n) is 5.99. The molecule has 4 rings (SSSR count). The van der Waals surface area contributed by atoms with Gasteiger partial charge in [0.15, 0.2) is 0 Å². The maximum atomic E-state index is 13.6. The Morgan fingerprint density at radius 2 is 1.86 bits per heavy atom. The zero-order valence-electron chi connectivity index (χ0n) is 17.0. The Morgan fingerprint density at radius 1 is 1.14 bits per heavy atom. The van der Waals surface area contributed by atoms with Crippen molar-refractivity contribution < 1.29 is 9.52 Å². The molecule has 3 aromatic rings. The summed E-state index contributed by atoms with van der Waals surface area (Å²) < 4.78 is 7.15. The molecule has 1 atom stereocenters. The van der Waals surface area contributed by atoms with Gasteiger partial charge in [0.25, 0.3) is 5.56 Å². The topological polar surface area (TPSA) is 58.6 Å². The van der Waals surface area contributed by atoms with E-state index in [0.717, 1.165) is 37.3 Å². The van der Waals surface area contributed by atoms with Crippen LogP contribution in [0.2, 0.25) is 0 Å². The van der Waals surface area contributed by atoms with Crippen molar-refractivity contribution >= 4 is 0 Å². The highest BCUT2D eigenvalue weighted by Gasteiger charge is 2.31. The highest BCUT2D eigenvalue weighted by atomic mass is 16.3. The number of pyridine rings is 1. The summed E-state index contributed by atoms with van der Waals surface area (Å²) in [6, 6.07) is 15.1. The first-order valence-corrected chi connectivity index (χ1v) is 10.3. The van der Waals surface area contributed by atoms with E-state index in [-0.39, 0.29) is 17.4 Å². The second-order valence-electron chi connectivity index (χ2n) is 8.09. The standard InChI is InChI=1S/C24H28N2O3/c1-17-10-12-25(13-11-17)23(19-7-4-3-5-8-19)22-21(27)15-18(2)26(24(22)28)16-20-9-6-14-29-20/h3-9,14-15,17,23,27H,10-13,16H2,1-2H3/t23-/m1/s1. The van der Waals surface area contributed by atoms with E-state index in [9.17, 15) is 9.90 Å². The van der Waals surface area contributed by atoms with Crippen LogP contribution in [0.15, 0.2) is 64.0 Å². The van der Waals surface area contributed by atoms with Crippen molar-refractivity contribution in [1.29, 1.82) is 0 Å². The minimum Gasteiger partial charge on any atom is -0.507 e. The SMILES string of the molecule is Cc1cc(O)c([C@@H](c2ccccc2)N2CCC(C)CC2)c(=O)n1Cc1ccco1. The molecule has 0 bridgehead atoms. The zero-order valence-corrected chi connectivity index (χ0v) is 17.0. The van der Waals surface area contributed by atoms with Gasteiger partial charge in [-0.15, -0.1) is 0 Å². The number of aromatic hydroxyl groups is 1. The summed E-state index contributed by atoms with van der Waals surface area (Å²) in [5.74, 6) is 1.47. The number of aryl methyl sites for hydroxylation is 1. The Bertz CT molecular complexity index is 1000. The maximum absolute atomic E-state index is 13.6. The monoisotopic (exact) mass is 392 g/mol. The van der Waals surface area contributed by atoms with Crippen LogP contribution >= 0.6 is 0 Å². The molecule has 1 aromatic carbocycles. The molecule has 1 aliphatic heterocycles. The van der Waals surface area contributed by atoms with E-state index in [0.29, 0.717) is 23.7 Å². The minimum atomic E-state index is -0.264. The molecule has 0 aliphatic carbocycles. The van der Waals surface area contributed by atoms with E-state index in [4.69, 9.17) is 4.42 Å². The number of benzene rings is 1. The second-order valence-corrected chi connectivity index (χ2v) is 8.09. The summed E-state index contributed by atoms with van der Waals surface area (Å²) >= 11 is 0.